The molecule has 2 aromatic rings. The smallest absolute Gasteiger partial charge is 0.247 e. The predicted octanol–water partition coefficient (Wildman–Crippen LogP) is 2.80. The van der Waals surface area contributed by atoms with Gasteiger partial charge in [0.1, 0.15) is 6.04 Å². The maximum Gasteiger partial charge on any atom is 0.247 e. The fourth-order valence-electron chi connectivity index (χ4n) is 2.65. The van der Waals surface area contributed by atoms with Gasteiger partial charge in [-0.15, -0.1) is 0 Å². The number of carbonyl (C=O) groups excluding carboxylic acids is 1. The number of anilines is 2. The molecular weight excluding hydrogens is 350 g/mol. The number of rotatable bonds is 7. The van der Waals surface area contributed by atoms with Crippen molar-refractivity contribution in [3.63, 3.8) is 0 Å². The van der Waals surface area contributed by atoms with Crippen LogP contribution in [-0.4, -0.2) is 26.6 Å². The van der Waals surface area contributed by atoms with Crippen molar-refractivity contribution >= 4 is 27.3 Å². The summed E-state index contributed by atoms with van der Waals surface area (Å²) in [5.74, 6) is -0.0862. The number of carbonyl (C=O) groups is 1. The van der Waals surface area contributed by atoms with Crippen LogP contribution in [0.3, 0.4) is 0 Å². The molecule has 2 aromatic carbocycles. The molecule has 3 rings (SSSR count). The van der Waals surface area contributed by atoms with Crippen LogP contribution in [0.25, 0.3) is 0 Å². The molecule has 6 nitrogen and oxygen atoms in total. The molecule has 0 aromatic heterocycles. The van der Waals surface area contributed by atoms with Crippen LogP contribution in [0.1, 0.15) is 30.0 Å². The highest BCUT2D eigenvalue weighted by Gasteiger charge is 2.28. The quantitative estimate of drug-likeness (QED) is 0.696. The number of benzene rings is 2. The van der Waals surface area contributed by atoms with E-state index in [1.165, 1.54) is 0 Å². The Morgan fingerprint density at radius 2 is 1.81 bits per heavy atom. The second-order valence-corrected chi connectivity index (χ2v) is 8.42. The minimum absolute atomic E-state index is 0.0862. The standard InChI is InChI=1S/C19H23N3O3S/c1-13-8-9-16(12-17(13)22-26(2,24)25)20-18(14-6-4-3-5-7-14)19(23)21-15-10-11-15/h3-9,12,15,18,20,22H,10-11H2,1-2H3,(H,21,23). The summed E-state index contributed by atoms with van der Waals surface area (Å²) in [5.41, 5.74) is 2.82. The largest absolute Gasteiger partial charge is 0.370 e. The monoisotopic (exact) mass is 373 g/mol. The van der Waals surface area contributed by atoms with Gasteiger partial charge in [-0.1, -0.05) is 36.4 Å². The van der Waals surface area contributed by atoms with Gasteiger partial charge in [-0.3, -0.25) is 9.52 Å². The minimum Gasteiger partial charge on any atom is -0.370 e. The first kappa shape index (κ1) is 18.3. The number of hydrogen-bond acceptors (Lipinski definition) is 4. The average Bonchev–Trinajstić information content (AvgIpc) is 3.39. The number of amides is 1. The fourth-order valence-corrected chi connectivity index (χ4v) is 3.27. The van der Waals surface area contributed by atoms with Gasteiger partial charge in [0, 0.05) is 11.7 Å². The molecule has 0 radical (unpaired) electrons. The van der Waals surface area contributed by atoms with E-state index in [4.69, 9.17) is 0 Å². The van der Waals surface area contributed by atoms with Gasteiger partial charge in [0.2, 0.25) is 15.9 Å². The molecule has 0 spiro atoms. The van der Waals surface area contributed by atoms with Gasteiger partial charge in [0.15, 0.2) is 0 Å². The summed E-state index contributed by atoms with van der Waals surface area (Å²) in [6.45, 7) is 1.83. The highest BCUT2D eigenvalue weighted by atomic mass is 32.2. The number of sulfonamides is 1. The Balaban J connectivity index is 1.86. The zero-order valence-electron chi connectivity index (χ0n) is 14.8. The highest BCUT2D eigenvalue weighted by molar-refractivity contribution is 7.92. The van der Waals surface area contributed by atoms with E-state index in [9.17, 15) is 13.2 Å². The zero-order chi connectivity index (χ0) is 18.7. The van der Waals surface area contributed by atoms with Gasteiger partial charge in [0.05, 0.1) is 11.9 Å². The van der Waals surface area contributed by atoms with Crippen molar-refractivity contribution in [3.8, 4) is 0 Å². The lowest BCUT2D eigenvalue weighted by atomic mass is 10.1. The third-order valence-corrected chi connectivity index (χ3v) is 4.75. The molecule has 3 N–H and O–H groups in total. The summed E-state index contributed by atoms with van der Waals surface area (Å²) in [6.07, 6.45) is 3.14. The molecule has 1 aliphatic rings. The summed E-state index contributed by atoms with van der Waals surface area (Å²) in [6, 6.07) is 14.5. The highest BCUT2D eigenvalue weighted by Crippen LogP contribution is 2.27. The molecule has 1 unspecified atom stereocenters. The van der Waals surface area contributed by atoms with E-state index in [0.717, 1.165) is 30.2 Å². The molecule has 7 heteroatoms. The lowest BCUT2D eigenvalue weighted by Gasteiger charge is -2.21. The number of aryl methyl sites for hydroxylation is 1. The first-order chi connectivity index (χ1) is 12.3. The molecule has 1 amide bonds. The maximum absolute atomic E-state index is 12.7. The van der Waals surface area contributed by atoms with Gasteiger partial charge in [0.25, 0.3) is 0 Å². The molecule has 1 saturated carbocycles. The van der Waals surface area contributed by atoms with E-state index < -0.39 is 16.1 Å². The first-order valence-corrected chi connectivity index (χ1v) is 10.4. The molecule has 0 saturated heterocycles. The average molecular weight is 373 g/mol. The summed E-state index contributed by atoms with van der Waals surface area (Å²) in [4.78, 5) is 12.7. The van der Waals surface area contributed by atoms with E-state index in [-0.39, 0.29) is 11.9 Å². The van der Waals surface area contributed by atoms with Crippen molar-refractivity contribution in [1.82, 2.24) is 5.32 Å². The normalized spacial score (nSPS) is 15.2. The second kappa shape index (κ2) is 7.37. The summed E-state index contributed by atoms with van der Waals surface area (Å²) in [5, 5.41) is 6.26. The van der Waals surface area contributed by atoms with Crippen molar-refractivity contribution < 1.29 is 13.2 Å². The Bertz CT molecular complexity index is 894. The van der Waals surface area contributed by atoms with E-state index in [1.807, 2.05) is 49.4 Å². The SMILES string of the molecule is Cc1ccc(NC(C(=O)NC2CC2)c2ccccc2)cc1NS(C)(=O)=O. The van der Waals surface area contributed by atoms with Crippen molar-refractivity contribution in [1.29, 1.82) is 0 Å². The topological polar surface area (TPSA) is 87.3 Å². The predicted molar refractivity (Wildman–Crippen MR) is 104 cm³/mol. The molecule has 1 fully saturated rings. The third kappa shape index (κ3) is 4.98. The van der Waals surface area contributed by atoms with Gasteiger partial charge < -0.3 is 10.6 Å². The minimum atomic E-state index is -3.38. The fraction of sp³-hybridized carbons (Fsp3) is 0.316. The molecule has 138 valence electrons. The van der Waals surface area contributed by atoms with Crippen LogP contribution in [0.4, 0.5) is 11.4 Å². The Morgan fingerprint density at radius 3 is 2.42 bits per heavy atom. The number of hydrogen-bond donors (Lipinski definition) is 3. The van der Waals surface area contributed by atoms with Crippen molar-refractivity contribution in [2.45, 2.75) is 31.8 Å². The molecule has 26 heavy (non-hydrogen) atoms. The van der Waals surface area contributed by atoms with Crippen LogP contribution in [0.15, 0.2) is 48.5 Å². The first-order valence-electron chi connectivity index (χ1n) is 8.52. The van der Waals surface area contributed by atoms with Crippen molar-refractivity contribution in [2.24, 2.45) is 0 Å². The van der Waals surface area contributed by atoms with E-state index in [2.05, 4.69) is 15.4 Å². The van der Waals surface area contributed by atoms with E-state index >= 15 is 0 Å². The Kier molecular flexibility index (Phi) is 5.18. The molecule has 0 bridgehead atoms. The third-order valence-electron chi connectivity index (χ3n) is 4.16. The van der Waals surface area contributed by atoms with Crippen molar-refractivity contribution in [3.05, 3.63) is 59.7 Å². The molecule has 0 heterocycles. The Hall–Kier alpha value is -2.54. The van der Waals surface area contributed by atoms with Crippen LogP contribution < -0.4 is 15.4 Å². The maximum atomic E-state index is 12.7. The van der Waals surface area contributed by atoms with Gasteiger partial charge in [-0.05, 0) is 43.0 Å². The molecule has 1 atom stereocenters. The van der Waals surface area contributed by atoms with E-state index in [1.54, 1.807) is 6.07 Å². The zero-order valence-corrected chi connectivity index (χ0v) is 15.6. The molecule has 0 aliphatic heterocycles. The molecular formula is C19H23N3O3S. The van der Waals surface area contributed by atoms with Gasteiger partial charge in [-0.25, -0.2) is 8.42 Å². The van der Waals surface area contributed by atoms with Crippen LogP contribution in [0.5, 0.6) is 0 Å². The lowest BCUT2D eigenvalue weighted by Crippen LogP contribution is -2.34. The Morgan fingerprint density at radius 1 is 1.12 bits per heavy atom. The van der Waals surface area contributed by atoms with Crippen LogP contribution in [-0.2, 0) is 14.8 Å². The summed E-state index contributed by atoms with van der Waals surface area (Å²) < 4.78 is 25.6. The van der Waals surface area contributed by atoms with Gasteiger partial charge >= 0.3 is 0 Å². The summed E-state index contributed by atoms with van der Waals surface area (Å²) in [7, 11) is -3.38. The summed E-state index contributed by atoms with van der Waals surface area (Å²) >= 11 is 0. The molecule has 1 aliphatic carbocycles. The van der Waals surface area contributed by atoms with E-state index in [0.29, 0.717) is 11.4 Å². The van der Waals surface area contributed by atoms with Crippen LogP contribution >= 0.6 is 0 Å². The second-order valence-electron chi connectivity index (χ2n) is 6.67. The van der Waals surface area contributed by atoms with Gasteiger partial charge in [-0.2, -0.15) is 0 Å². The van der Waals surface area contributed by atoms with Crippen molar-refractivity contribution in [2.75, 3.05) is 16.3 Å². The number of nitrogens with one attached hydrogen (secondary N) is 3. The lowest BCUT2D eigenvalue weighted by molar-refractivity contribution is -0.122. The Labute approximate surface area is 154 Å². The van der Waals surface area contributed by atoms with Crippen LogP contribution in [0, 0.1) is 6.92 Å². The van der Waals surface area contributed by atoms with Crippen LogP contribution in [0.2, 0.25) is 0 Å².